The lowest BCUT2D eigenvalue weighted by Gasteiger charge is -2.32. The molecule has 0 aliphatic heterocycles. The number of nitrogens with zero attached hydrogens (tertiary/aromatic N) is 1. The molecular weight excluding hydrogens is 226 g/mol. The van der Waals surface area contributed by atoms with Gasteiger partial charge in [0.1, 0.15) is 5.00 Å². The first-order chi connectivity index (χ1) is 7.27. The van der Waals surface area contributed by atoms with Crippen LogP contribution in [0.4, 0.5) is 9.80 Å². The Balaban J connectivity index is 3.31. The molecule has 1 amide bonds. The van der Waals surface area contributed by atoms with E-state index in [1.165, 1.54) is 16.2 Å². The van der Waals surface area contributed by atoms with Gasteiger partial charge < -0.3 is 5.11 Å². The Kier molecular flexibility index (Phi) is 3.38. The fourth-order valence-electron chi connectivity index (χ4n) is 1.46. The summed E-state index contributed by atoms with van der Waals surface area (Å²) in [5, 5.41) is 9.70. The predicted octanol–water partition coefficient (Wildman–Crippen LogP) is 3.15. The zero-order valence-corrected chi connectivity index (χ0v) is 10.6. The second-order valence-electron chi connectivity index (χ2n) is 4.52. The summed E-state index contributed by atoms with van der Waals surface area (Å²) in [6, 6.07) is 1.70. The summed E-state index contributed by atoms with van der Waals surface area (Å²) in [4.78, 5) is 24.3. The second-order valence-corrected chi connectivity index (χ2v) is 5.76. The topological polar surface area (TPSA) is 57.6 Å². The number of rotatable bonds is 2. The summed E-state index contributed by atoms with van der Waals surface area (Å²) >= 11 is 1.32. The average molecular weight is 241 g/mol. The van der Waals surface area contributed by atoms with Gasteiger partial charge in [0.15, 0.2) is 6.29 Å². The molecule has 1 rings (SSSR count). The van der Waals surface area contributed by atoms with E-state index in [0.29, 0.717) is 16.9 Å². The third-order valence-electron chi connectivity index (χ3n) is 2.06. The molecule has 0 aliphatic carbocycles. The molecule has 0 aromatic carbocycles. The van der Waals surface area contributed by atoms with Gasteiger partial charge in [-0.3, -0.25) is 9.69 Å². The molecule has 0 saturated carbocycles. The fourth-order valence-corrected chi connectivity index (χ4v) is 2.62. The van der Waals surface area contributed by atoms with Crippen LogP contribution in [0.15, 0.2) is 6.07 Å². The van der Waals surface area contributed by atoms with E-state index >= 15 is 0 Å². The molecule has 1 aromatic heterocycles. The Bertz CT molecular complexity index is 417. The van der Waals surface area contributed by atoms with Crippen LogP contribution < -0.4 is 4.90 Å². The number of carbonyl (C=O) groups excluding carboxylic acids is 1. The number of thiophene rings is 1. The van der Waals surface area contributed by atoms with Crippen molar-refractivity contribution >= 4 is 28.7 Å². The van der Waals surface area contributed by atoms with E-state index in [1.807, 2.05) is 6.92 Å². The van der Waals surface area contributed by atoms with Crippen LogP contribution in [0.25, 0.3) is 0 Å². The first-order valence-corrected chi connectivity index (χ1v) is 5.68. The first-order valence-electron chi connectivity index (χ1n) is 4.86. The number of carbonyl (C=O) groups is 2. The number of carboxylic acid groups (broad SMARTS) is 1. The molecule has 16 heavy (non-hydrogen) atoms. The highest BCUT2D eigenvalue weighted by Gasteiger charge is 2.30. The SMILES string of the molecule is Cc1cc(C=O)c(N(C(=O)O)C(C)(C)C)s1. The van der Waals surface area contributed by atoms with Gasteiger partial charge in [0.2, 0.25) is 0 Å². The van der Waals surface area contributed by atoms with Crippen LogP contribution >= 0.6 is 11.3 Å². The highest BCUT2D eigenvalue weighted by atomic mass is 32.1. The van der Waals surface area contributed by atoms with Gasteiger partial charge in [-0.05, 0) is 33.8 Å². The molecule has 5 heteroatoms. The Morgan fingerprint density at radius 3 is 2.44 bits per heavy atom. The van der Waals surface area contributed by atoms with Crippen molar-refractivity contribution in [3.8, 4) is 0 Å². The smallest absolute Gasteiger partial charge is 0.412 e. The quantitative estimate of drug-likeness (QED) is 0.809. The summed E-state index contributed by atoms with van der Waals surface area (Å²) in [5.41, 5.74) is -0.138. The number of hydrogen-bond acceptors (Lipinski definition) is 3. The third kappa shape index (κ3) is 2.41. The van der Waals surface area contributed by atoms with E-state index in [9.17, 15) is 14.7 Å². The van der Waals surface area contributed by atoms with Crippen LogP contribution in [0.2, 0.25) is 0 Å². The lowest BCUT2D eigenvalue weighted by atomic mass is 10.1. The minimum Gasteiger partial charge on any atom is -0.465 e. The van der Waals surface area contributed by atoms with Crippen molar-refractivity contribution in [2.45, 2.75) is 33.2 Å². The number of hydrogen-bond donors (Lipinski definition) is 1. The average Bonchev–Trinajstić information content (AvgIpc) is 2.43. The first kappa shape index (κ1) is 12.7. The van der Waals surface area contributed by atoms with Gasteiger partial charge in [-0.1, -0.05) is 0 Å². The van der Waals surface area contributed by atoms with Gasteiger partial charge in [-0.2, -0.15) is 0 Å². The molecule has 0 saturated heterocycles. The van der Waals surface area contributed by atoms with Crippen molar-refractivity contribution in [2.75, 3.05) is 4.90 Å². The summed E-state index contributed by atoms with van der Waals surface area (Å²) in [5.74, 6) is 0. The van der Waals surface area contributed by atoms with Crippen molar-refractivity contribution < 1.29 is 14.7 Å². The molecule has 1 aromatic rings. The van der Waals surface area contributed by atoms with E-state index in [0.717, 1.165) is 4.88 Å². The molecule has 0 spiro atoms. The van der Waals surface area contributed by atoms with Gasteiger partial charge in [-0.25, -0.2) is 4.79 Å². The molecular formula is C11H15NO3S. The Labute approximate surface area is 98.5 Å². The fraction of sp³-hybridized carbons (Fsp3) is 0.455. The monoisotopic (exact) mass is 241 g/mol. The van der Waals surface area contributed by atoms with Crippen LogP contribution in [0, 0.1) is 6.92 Å². The van der Waals surface area contributed by atoms with Crippen LogP contribution in [0.3, 0.4) is 0 Å². The summed E-state index contributed by atoms with van der Waals surface area (Å²) < 4.78 is 0. The molecule has 1 heterocycles. The van der Waals surface area contributed by atoms with E-state index in [4.69, 9.17) is 0 Å². The van der Waals surface area contributed by atoms with Crippen molar-refractivity contribution in [2.24, 2.45) is 0 Å². The van der Waals surface area contributed by atoms with E-state index in [1.54, 1.807) is 26.8 Å². The molecule has 4 nitrogen and oxygen atoms in total. The highest BCUT2D eigenvalue weighted by Crippen LogP contribution is 2.34. The van der Waals surface area contributed by atoms with Crippen molar-refractivity contribution in [1.29, 1.82) is 0 Å². The highest BCUT2D eigenvalue weighted by molar-refractivity contribution is 7.16. The predicted molar refractivity (Wildman–Crippen MR) is 64.7 cm³/mol. The van der Waals surface area contributed by atoms with E-state index in [-0.39, 0.29) is 0 Å². The van der Waals surface area contributed by atoms with Crippen molar-refractivity contribution in [1.82, 2.24) is 0 Å². The molecule has 0 aliphatic rings. The van der Waals surface area contributed by atoms with Crippen molar-refractivity contribution in [3.63, 3.8) is 0 Å². The third-order valence-corrected chi connectivity index (χ3v) is 3.11. The molecule has 1 N–H and O–H groups in total. The Hall–Kier alpha value is -1.36. The molecule has 88 valence electrons. The van der Waals surface area contributed by atoms with Crippen LogP contribution in [-0.4, -0.2) is 23.0 Å². The number of aryl methyl sites for hydroxylation is 1. The van der Waals surface area contributed by atoms with Gasteiger partial charge in [0, 0.05) is 16.0 Å². The zero-order chi connectivity index (χ0) is 12.5. The maximum absolute atomic E-state index is 11.2. The van der Waals surface area contributed by atoms with Gasteiger partial charge in [0.25, 0.3) is 0 Å². The summed E-state index contributed by atoms with van der Waals surface area (Å²) in [6.45, 7) is 7.24. The number of amides is 1. The van der Waals surface area contributed by atoms with Gasteiger partial charge >= 0.3 is 6.09 Å². The Morgan fingerprint density at radius 2 is 2.06 bits per heavy atom. The van der Waals surface area contributed by atoms with Crippen LogP contribution in [0.1, 0.15) is 36.0 Å². The second kappa shape index (κ2) is 4.25. The number of aldehydes is 1. The maximum atomic E-state index is 11.2. The van der Waals surface area contributed by atoms with Gasteiger partial charge in [0.05, 0.1) is 0 Å². The largest absolute Gasteiger partial charge is 0.465 e. The Morgan fingerprint density at radius 1 is 1.50 bits per heavy atom. The molecule has 0 unspecified atom stereocenters. The molecule has 0 bridgehead atoms. The lowest BCUT2D eigenvalue weighted by molar-refractivity contribution is 0.112. The van der Waals surface area contributed by atoms with Crippen LogP contribution in [0.5, 0.6) is 0 Å². The van der Waals surface area contributed by atoms with Crippen molar-refractivity contribution in [3.05, 3.63) is 16.5 Å². The standard InChI is InChI=1S/C11H15NO3S/c1-7-5-8(6-13)9(16-7)12(10(14)15)11(2,3)4/h5-6H,1-4H3,(H,14,15). The van der Waals surface area contributed by atoms with Crippen LogP contribution in [-0.2, 0) is 0 Å². The van der Waals surface area contributed by atoms with E-state index < -0.39 is 11.6 Å². The van der Waals surface area contributed by atoms with E-state index in [2.05, 4.69) is 0 Å². The molecule has 0 atom stereocenters. The summed E-state index contributed by atoms with van der Waals surface area (Å²) in [6.07, 6.45) is -0.349. The minimum absolute atomic E-state index is 0.430. The minimum atomic E-state index is -1.04. The zero-order valence-electron chi connectivity index (χ0n) is 9.77. The molecule has 0 radical (unpaired) electrons. The number of anilines is 1. The van der Waals surface area contributed by atoms with Gasteiger partial charge in [-0.15, -0.1) is 11.3 Å². The lowest BCUT2D eigenvalue weighted by Crippen LogP contribution is -2.45. The molecule has 0 fully saturated rings. The normalized spacial score (nSPS) is 11.2. The summed E-state index contributed by atoms with van der Waals surface area (Å²) in [7, 11) is 0. The maximum Gasteiger partial charge on any atom is 0.412 e.